The molecule has 0 saturated carbocycles. The van der Waals surface area contributed by atoms with E-state index in [1.807, 2.05) is 31.2 Å². The van der Waals surface area contributed by atoms with E-state index in [0.29, 0.717) is 36.8 Å². The maximum Gasteiger partial charge on any atom is 0.350 e. The summed E-state index contributed by atoms with van der Waals surface area (Å²) in [6.45, 7) is 3.18. The van der Waals surface area contributed by atoms with Gasteiger partial charge in [-0.2, -0.15) is 4.68 Å². The lowest BCUT2D eigenvalue weighted by atomic mass is 10.1. The third kappa shape index (κ3) is 3.12. The van der Waals surface area contributed by atoms with Crippen LogP contribution in [0.15, 0.2) is 53.3 Å². The minimum atomic E-state index is -0.178. The average Bonchev–Trinajstić information content (AvgIpc) is 3.04. The van der Waals surface area contributed by atoms with Gasteiger partial charge >= 0.3 is 5.69 Å². The van der Waals surface area contributed by atoms with Crippen LogP contribution in [-0.4, -0.2) is 38.8 Å². The molecule has 7 heteroatoms. The zero-order valence-electron chi connectivity index (χ0n) is 15.3. The highest BCUT2D eigenvalue weighted by atomic mass is 16.5. The zero-order chi connectivity index (χ0) is 19.0. The third-order valence-corrected chi connectivity index (χ3v) is 4.75. The first kappa shape index (κ1) is 17.1. The second-order valence-corrected chi connectivity index (χ2v) is 6.56. The molecule has 1 aliphatic rings. The minimum absolute atomic E-state index is 0.0996. The SMILES string of the molecule is COc1cccc(C(=O)N2CCn3c(nn(-c4ccc(C)cc4)c3=O)C2)c1. The van der Waals surface area contributed by atoms with Gasteiger partial charge in [0.2, 0.25) is 0 Å². The fourth-order valence-electron chi connectivity index (χ4n) is 3.22. The number of aryl methyl sites for hydroxylation is 1. The predicted octanol–water partition coefficient (Wildman–Crippen LogP) is 2.01. The van der Waals surface area contributed by atoms with Gasteiger partial charge in [-0.1, -0.05) is 23.8 Å². The molecule has 4 rings (SSSR count). The number of methoxy groups -OCH3 is 1. The van der Waals surface area contributed by atoms with Crippen LogP contribution in [0, 0.1) is 6.92 Å². The molecule has 0 fully saturated rings. The van der Waals surface area contributed by atoms with Crippen LogP contribution in [0.2, 0.25) is 0 Å². The van der Waals surface area contributed by atoms with E-state index in [-0.39, 0.29) is 11.6 Å². The van der Waals surface area contributed by atoms with Crippen molar-refractivity contribution in [2.75, 3.05) is 13.7 Å². The summed E-state index contributed by atoms with van der Waals surface area (Å²) in [6.07, 6.45) is 0. The summed E-state index contributed by atoms with van der Waals surface area (Å²) in [5, 5.41) is 4.46. The first-order chi connectivity index (χ1) is 13.1. The molecule has 0 bridgehead atoms. The molecule has 0 saturated heterocycles. The molecule has 27 heavy (non-hydrogen) atoms. The van der Waals surface area contributed by atoms with E-state index in [0.717, 1.165) is 11.3 Å². The number of ether oxygens (including phenoxy) is 1. The molecule has 0 radical (unpaired) electrons. The van der Waals surface area contributed by atoms with E-state index < -0.39 is 0 Å². The topological polar surface area (TPSA) is 69.4 Å². The van der Waals surface area contributed by atoms with E-state index in [2.05, 4.69) is 5.10 Å². The number of nitrogens with zero attached hydrogens (tertiary/aromatic N) is 4. The Hall–Kier alpha value is -3.35. The summed E-state index contributed by atoms with van der Waals surface area (Å²) in [4.78, 5) is 27.2. The molecular formula is C20H20N4O3. The van der Waals surface area contributed by atoms with Crippen LogP contribution in [0.1, 0.15) is 21.7 Å². The highest BCUT2D eigenvalue weighted by Gasteiger charge is 2.26. The summed E-state index contributed by atoms with van der Waals surface area (Å²) in [7, 11) is 1.57. The first-order valence-corrected chi connectivity index (χ1v) is 8.76. The van der Waals surface area contributed by atoms with E-state index >= 15 is 0 Å². The zero-order valence-corrected chi connectivity index (χ0v) is 15.3. The first-order valence-electron chi connectivity index (χ1n) is 8.76. The van der Waals surface area contributed by atoms with Gasteiger partial charge in [-0.25, -0.2) is 4.79 Å². The lowest BCUT2D eigenvalue weighted by Crippen LogP contribution is -2.40. The van der Waals surface area contributed by atoms with Gasteiger partial charge in [-0.15, -0.1) is 5.10 Å². The Bertz CT molecular complexity index is 1050. The van der Waals surface area contributed by atoms with Crippen LogP contribution >= 0.6 is 0 Å². The van der Waals surface area contributed by atoms with E-state index in [4.69, 9.17) is 4.74 Å². The van der Waals surface area contributed by atoms with Gasteiger partial charge < -0.3 is 9.64 Å². The van der Waals surface area contributed by atoms with Crippen LogP contribution in [0.5, 0.6) is 5.75 Å². The van der Waals surface area contributed by atoms with Gasteiger partial charge in [0.1, 0.15) is 5.75 Å². The Labute approximate surface area is 156 Å². The number of benzene rings is 2. The van der Waals surface area contributed by atoms with Crippen molar-refractivity contribution < 1.29 is 9.53 Å². The molecule has 2 aromatic carbocycles. The van der Waals surface area contributed by atoms with Crippen molar-refractivity contribution in [3.63, 3.8) is 0 Å². The van der Waals surface area contributed by atoms with Crippen molar-refractivity contribution in [1.82, 2.24) is 19.2 Å². The summed E-state index contributed by atoms with van der Waals surface area (Å²) in [5.41, 5.74) is 2.22. The van der Waals surface area contributed by atoms with E-state index in [1.165, 1.54) is 4.68 Å². The molecule has 0 unspecified atom stereocenters. The van der Waals surface area contributed by atoms with Crippen molar-refractivity contribution in [2.24, 2.45) is 0 Å². The van der Waals surface area contributed by atoms with Gasteiger partial charge in [0, 0.05) is 18.7 Å². The molecule has 2 heterocycles. The molecule has 1 aliphatic heterocycles. The molecule has 3 aromatic rings. The van der Waals surface area contributed by atoms with E-state index in [1.54, 1.807) is 40.8 Å². The number of carbonyl (C=O) groups is 1. The monoisotopic (exact) mass is 364 g/mol. The fraction of sp³-hybridized carbons (Fsp3) is 0.250. The quantitative estimate of drug-likeness (QED) is 0.713. The Morgan fingerprint density at radius 1 is 1.11 bits per heavy atom. The maximum atomic E-state index is 12.8. The number of hydrogen-bond donors (Lipinski definition) is 0. The fourth-order valence-corrected chi connectivity index (χ4v) is 3.22. The van der Waals surface area contributed by atoms with Crippen molar-refractivity contribution in [2.45, 2.75) is 20.0 Å². The second-order valence-electron chi connectivity index (χ2n) is 6.56. The predicted molar refractivity (Wildman–Crippen MR) is 100 cm³/mol. The smallest absolute Gasteiger partial charge is 0.350 e. The number of amides is 1. The normalized spacial score (nSPS) is 13.3. The standard InChI is InChI=1S/C20H20N4O3/c1-14-6-8-16(9-7-14)24-20(26)23-11-10-22(13-18(23)21-24)19(25)15-4-3-5-17(12-15)27-2/h3-9,12H,10-11,13H2,1-2H3. The Balaban J connectivity index is 1.61. The molecule has 0 atom stereocenters. The second kappa shape index (κ2) is 6.75. The van der Waals surface area contributed by atoms with Crippen LogP contribution in [-0.2, 0) is 13.1 Å². The minimum Gasteiger partial charge on any atom is -0.497 e. The van der Waals surface area contributed by atoms with Crippen LogP contribution in [0.4, 0.5) is 0 Å². The molecule has 7 nitrogen and oxygen atoms in total. The summed E-state index contributed by atoms with van der Waals surface area (Å²) >= 11 is 0. The Morgan fingerprint density at radius 2 is 1.89 bits per heavy atom. The lowest BCUT2D eigenvalue weighted by molar-refractivity contribution is 0.0706. The van der Waals surface area contributed by atoms with Gasteiger partial charge in [0.25, 0.3) is 5.91 Å². The number of fused-ring (bicyclic) bond motifs is 1. The molecule has 1 aromatic heterocycles. The number of aromatic nitrogens is 3. The van der Waals surface area contributed by atoms with Crippen LogP contribution < -0.4 is 10.4 Å². The molecule has 0 N–H and O–H groups in total. The number of rotatable bonds is 3. The van der Waals surface area contributed by atoms with Crippen molar-refractivity contribution in [3.05, 3.63) is 76.0 Å². The molecule has 1 amide bonds. The summed E-state index contributed by atoms with van der Waals surface area (Å²) in [6, 6.07) is 14.7. The van der Waals surface area contributed by atoms with E-state index in [9.17, 15) is 9.59 Å². The molecule has 138 valence electrons. The average molecular weight is 364 g/mol. The largest absolute Gasteiger partial charge is 0.497 e. The van der Waals surface area contributed by atoms with Crippen LogP contribution in [0.25, 0.3) is 5.69 Å². The lowest BCUT2D eigenvalue weighted by Gasteiger charge is -2.26. The number of hydrogen-bond acceptors (Lipinski definition) is 4. The summed E-state index contributed by atoms with van der Waals surface area (Å²) < 4.78 is 8.22. The molecular weight excluding hydrogens is 344 g/mol. The van der Waals surface area contributed by atoms with Gasteiger partial charge in [-0.05, 0) is 37.3 Å². The van der Waals surface area contributed by atoms with Crippen LogP contribution in [0.3, 0.4) is 0 Å². The van der Waals surface area contributed by atoms with Crippen molar-refractivity contribution in [1.29, 1.82) is 0 Å². The molecule has 0 aliphatic carbocycles. The Morgan fingerprint density at radius 3 is 2.63 bits per heavy atom. The van der Waals surface area contributed by atoms with Gasteiger partial charge in [-0.3, -0.25) is 9.36 Å². The van der Waals surface area contributed by atoms with Gasteiger partial charge in [0.05, 0.1) is 19.3 Å². The van der Waals surface area contributed by atoms with Crippen molar-refractivity contribution >= 4 is 5.91 Å². The highest BCUT2D eigenvalue weighted by Crippen LogP contribution is 2.18. The maximum absolute atomic E-state index is 12.8. The Kier molecular flexibility index (Phi) is 4.27. The van der Waals surface area contributed by atoms with Gasteiger partial charge in [0.15, 0.2) is 5.82 Å². The van der Waals surface area contributed by atoms with Crippen molar-refractivity contribution in [3.8, 4) is 11.4 Å². The summed E-state index contributed by atoms with van der Waals surface area (Å²) in [5.74, 6) is 1.12. The number of carbonyl (C=O) groups excluding carboxylic acids is 1. The molecule has 0 spiro atoms. The third-order valence-electron chi connectivity index (χ3n) is 4.75. The highest BCUT2D eigenvalue weighted by molar-refractivity contribution is 5.94.